The van der Waals surface area contributed by atoms with Crippen LogP contribution in [0.1, 0.15) is 35.6 Å². The summed E-state index contributed by atoms with van der Waals surface area (Å²) in [5, 5.41) is 10.2. The molecule has 0 aliphatic rings. The van der Waals surface area contributed by atoms with E-state index in [9.17, 15) is 18.3 Å². The van der Waals surface area contributed by atoms with E-state index in [1.807, 2.05) is 6.92 Å². The summed E-state index contributed by atoms with van der Waals surface area (Å²) in [5.74, 6) is 0. The van der Waals surface area contributed by atoms with Gasteiger partial charge in [-0.1, -0.05) is 19.1 Å². The highest BCUT2D eigenvalue weighted by Gasteiger charge is 2.58. The lowest BCUT2D eigenvalue weighted by Gasteiger charge is -2.37. The van der Waals surface area contributed by atoms with E-state index in [2.05, 4.69) is 0 Å². The summed E-state index contributed by atoms with van der Waals surface area (Å²) in [6, 6.07) is 1.63. The van der Waals surface area contributed by atoms with Crippen molar-refractivity contribution in [2.24, 2.45) is 5.73 Å². The Kier molecular flexibility index (Phi) is 4.32. The summed E-state index contributed by atoms with van der Waals surface area (Å²) in [4.78, 5) is 0. The molecule has 0 heterocycles. The number of halogens is 3. The molecule has 0 fully saturated rings. The molecule has 3 N–H and O–H groups in total. The van der Waals surface area contributed by atoms with Crippen molar-refractivity contribution < 1.29 is 18.3 Å². The average Bonchev–Trinajstić information content (AvgIpc) is 2.30. The summed E-state index contributed by atoms with van der Waals surface area (Å²) >= 11 is 0. The maximum absolute atomic E-state index is 13.3. The minimum absolute atomic E-state index is 0.0301. The molecule has 0 radical (unpaired) electrons. The molecule has 0 bridgehead atoms. The van der Waals surface area contributed by atoms with Crippen LogP contribution in [0.25, 0.3) is 0 Å². The van der Waals surface area contributed by atoms with Gasteiger partial charge in [-0.15, -0.1) is 0 Å². The fourth-order valence-electron chi connectivity index (χ4n) is 2.23. The van der Waals surface area contributed by atoms with Crippen LogP contribution in [0.5, 0.6) is 0 Å². The van der Waals surface area contributed by atoms with Gasteiger partial charge in [0.15, 0.2) is 0 Å². The van der Waals surface area contributed by atoms with Crippen molar-refractivity contribution in [3.63, 3.8) is 0 Å². The van der Waals surface area contributed by atoms with Gasteiger partial charge < -0.3 is 10.8 Å². The van der Waals surface area contributed by atoms with Crippen molar-refractivity contribution in [1.29, 1.82) is 0 Å². The Labute approximate surface area is 111 Å². The molecule has 0 saturated carbocycles. The Hall–Kier alpha value is -1.07. The normalized spacial score (nSPS) is 17.1. The highest BCUT2D eigenvalue weighted by molar-refractivity contribution is 5.41. The molecule has 0 saturated heterocycles. The zero-order chi connectivity index (χ0) is 15.0. The smallest absolute Gasteiger partial charge is 0.375 e. The lowest BCUT2D eigenvalue weighted by Crippen LogP contribution is -2.55. The van der Waals surface area contributed by atoms with Gasteiger partial charge >= 0.3 is 6.18 Å². The minimum Gasteiger partial charge on any atom is -0.375 e. The van der Waals surface area contributed by atoms with Crippen molar-refractivity contribution in [2.45, 2.75) is 51.9 Å². The van der Waals surface area contributed by atoms with Gasteiger partial charge in [0.2, 0.25) is 5.60 Å². The fourth-order valence-corrected chi connectivity index (χ4v) is 2.23. The first-order chi connectivity index (χ1) is 8.55. The van der Waals surface area contributed by atoms with Crippen LogP contribution in [0, 0.1) is 20.8 Å². The van der Waals surface area contributed by atoms with Crippen LogP contribution < -0.4 is 5.73 Å². The zero-order valence-electron chi connectivity index (χ0n) is 11.6. The van der Waals surface area contributed by atoms with Crippen LogP contribution in [0.4, 0.5) is 13.2 Å². The van der Waals surface area contributed by atoms with Crippen LogP contribution in [0.15, 0.2) is 12.1 Å². The number of alkyl halides is 3. The van der Waals surface area contributed by atoms with Gasteiger partial charge in [-0.25, -0.2) is 0 Å². The molecule has 2 atom stereocenters. The number of aryl methyl sites for hydroxylation is 3. The van der Waals surface area contributed by atoms with Gasteiger partial charge in [0, 0.05) is 6.04 Å². The lowest BCUT2D eigenvalue weighted by molar-refractivity contribution is -0.274. The largest absolute Gasteiger partial charge is 0.423 e. The second-order valence-electron chi connectivity index (χ2n) is 5.03. The number of aliphatic hydroxyl groups is 1. The van der Waals surface area contributed by atoms with Crippen molar-refractivity contribution in [3.05, 3.63) is 34.4 Å². The Balaban J connectivity index is 3.55. The molecule has 108 valence electrons. The molecule has 19 heavy (non-hydrogen) atoms. The summed E-state index contributed by atoms with van der Waals surface area (Å²) in [6.07, 6.45) is -4.78. The number of hydrogen-bond acceptors (Lipinski definition) is 2. The van der Waals surface area contributed by atoms with Crippen molar-refractivity contribution in [3.8, 4) is 0 Å². The lowest BCUT2D eigenvalue weighted by atomic mass is 9.81. The molecule has 1 rings (SSSR count). The maximum Gasteiger partial charge on any atom is 0.423 e. The highest BCUT2D eigenvalue weighted by atomic mass is 19.4. The van der Waals surface area contributed by atoms with Gasteiger partial charge in [0.05, 0.1) is 0 Å². The number of nitrogens with two attached hydrogens (primary N) is 1. The van der Waals surface area contributed by atoms with Crippen LogP contribution in [0.3, 0.4) is 0 Å². The van der Waals surface area contributed by atoms with Gasteiger partial charge in [0.25, 0.3) is 0 Å². The van der Waals surface area contributed by atoms with Gasteiger partial charge in [-0.3, -0.25) is 0 Å². The Morgan fingerprint density at radius 2 is 1.58 bits per heavy atom. The number of benzene rings is 1. The molecule has 0 spiro atoms. The van der Waals surface area contributed by atoms with Crippen LogP contribution in [0.2, 0.25) is 0 Å². The first kappa shape index (κ1) is 16.0. The highest BCUT2D eigenvalue weighted by Crippen LogP contribution is 2.43. The van der Waals surface area contributed by atoms with E-state index >= 15 is 0 Å². The molecule has 1 aromatic carbocycles. The predicted molar refractivity (Wildman–Crippen MR) is 68.9 cm³/mol. The zero-order valence-corrected chi connectivity index (χ0v) is 11.6. The minimum atomic E-state index is -4.81. The number of rotatable bonds is 3. The molecule has 0 aliphatic heterocycles. The second kappa shape index (κ2) is 5.13. The molecule has 1 aromatic rings. The standard InChI is InChI=1S/C14H20F3NO/c1-5-12(18)13(19,14(15,16)17)11-7-9(3)8(2)6-10(11)4/h6-7,12,19H,5,18H2,1-4H3. The van der Waals surface area contributed by atoms with E-state index in [4.69, 9.17) is 5.73 Å². The van der Waals surface area contributed by atoms with E-state index in [1.165, 1.54) is 13.0 Å². The van der Waals surface area contributed by atoms with E-state index in [0.717, 1.165) is 5.56 Å². The fraction of sp³-hybridized carbons (Fsp3) is 0.571. The predicted octanol–water partition coefficient (Wildman–Crippen LogP) is 3.10. The molecule has 5 heteroatoms. The molecule has 2 nitrogen and oxygen atoms in total. The third kappa shape index (κ3) is 2.62. The Morgan fingerprint density at radius 3 is 2.00 bits per heavy atom. The Bertz CT molecular complexity index is 470. The van der Waals surface area contributed by atoms with E-state index in [1.54, 1.807) is 19.9 Å². The summed E-state index contributed by atoms with van der Waals surface area (Å²) in [6.45, 7) is 6.61. The summed E-state index contributed by atoms with van der Waals surface area (Å²) in [7, 11) is 0. The third-order valence-electron chi connectivity index (χ3n) is 3.66. The average molecular weight is 275 g/mol. The quantitative estimate of drug-likeness (QED) is 0.890. The number of hydrogen-bond donors (Lipinski definition) is 2. The monoisotopic (exact) mass is 275 g/mol. The molecule has 0 aliphatic carbocycles. The van der Waals surface area contributed by atoms with Crippen LogP contribution >= 0.6 is 0 Å². The maximum atomic E-state index is 13.3. The third-order valence-corrected chi connectivity index (χ3v) is 3.66. The summed E-state index contributed by atoms with van der Waals surface area (Å²) in [5.41, 5.74) is 4.37. The first-order valence-corrected chi connectivity index (χ1v) is 6.18. The summed E-state index contributed by atoms with van der Waals surface area (Å²) < 4.78 is 39.9. The Morgan fingerprint density at radius 1 is 1.11 bits per heavy atom. The van der Waals surface area contributed by atoms with E-state index < -0.39 is 17.8 Å². The second-order valence-corrected chi connectivity index (χ2v) is 5.03. The van der Waals surface area contributed by atoms with E-state index in [-0.39, 0.29) is 12.0 Å². The van der Waals surface area contributed by atoms with Crippen molar-refractivity contribution >= 4 is 0 Å². The first-order valence-electron chi connectivity index (χ1n) is 6.18. The van der Waals surface area contributed by atoms with Gasteiger partial charge in [0.1, 0.15) is 0 Å². The van der Waals surface area contributed by atoms with Gasteiger partial charge in [-0.2, -0.15) is 13.2 Å². The van der Waals surface area contributed by atoms with Crippen LogP contribution in [-0.2, 0) is 5.60 Å². The molecule has 0 aromatic heterocycles. The van der Waals surface area contributed by atoms with E-state index in [0.29, 0.717) is 11.1 Å². The molecular weight excluding hydrogens is 255 g/mol. The molecular formula is C14H20F3NO. The topological polar surface area (TPSA) is 46.2 Å². The molecule has 2 unspecified atom stereocenters. The van der Waals surface area contributed by atoms with Crippen molar-refractivity contribution in [2.75, 3.05) is 0 Å². The van der Waals surface area contributed by atoms with Crippen molar-refractivity contribution in [1.82, 2.24) is 0 Å². The van der Waals surface area contributed by atoms with Crippen LogP contribution in [-0.4, -0.2) is 17.3 Å². The van der Waals surface area contributed by atoms with Gasteiger partial charge in [-0.05, 0) is 49.4 Å². The SMILES string of the molecule is CCC(N)C(O)(c1cc(C)c(C)cc1C)C(F)(F)F. The molecule has 0 amide bonds.